The minimum atomic E-state index is -3.61. The number of morpholine rings is 1. The van der Waals surface area contributed by atoms with Gasteiger partial charge in [0, 0.05) is 32.0 Å². The number of hydrogen-bond acceptors (Lipinski definition) is 5. The van der Waals surface area contributed by atoms with Gasteiger partial charge < -0.3 is 14.8 Å². The molecule has 0 spiro atoms. The molecule has 1 N–H and O–H groups in total. The molecule has 2 aromatic rings. The van der Waals surface area contributed by atoms with Crippen LogP contribution >= 0.6 is 0 Å². The molecule has 8 heteroatoms. The molecule has 2 atom stereocenters. The van der Waals surface area contributed by atoms with E-state index in [1.807, 2.05) is 30.3 Å². The number of nitrogens with one attached hydrogen (secondary N) is 1. The average Bonchev–Trinajstić information content (AvgIpc) is 3.20. The van der Waals surface area contributed by atoms with Gasteiger partial charge in [0.25, 0.3) is 0 Å². The van der Waals surface area contributed by atoms with Gasteiger partial charge in [-0.15, -0.1) is 0 Å². The summed E-state index contributed by atoms with van der Waals surface area (Å²) in [4.78, 5) is 11.7. The maximum atomic E-state index is 13.1. The van der Waals surface area contributed by atoms with Crippen molar-refractivity contribution in [3.05, 3.63) is 60.2 Å². The average molecular weight is 416 g/mol. The molecule has 4 rings (SSSR count). The lowest BCUT2D eigenvalue weighted by molar-refractivity contribution is -0.119. The molecule has 7 nitrogen and oxygen atoms in total. The van der Waals surface area contributed by atoms with Crippen LogP contribution in [0.2, 0.25) is 0 Å². The third-order valence-corrected chi connectivity index (χ3v) is 7.13. The summed E-state index contributed by atoms with van der Waals surface area (Å²) in [5.41, 5.74) is 0.971. The van der Waals surface area contributed by atoms with Crippen LogP contribution in [0.15, 0.2) is 59.5 Å². The Morgan fingerprint density at radius 3 is 2.55 bits per heavy atom. The van der Waals surface area contributed by atoms with E-state index in [-0.39, 0.29) is 36.0 Å². The standard InChI is InChI=1S/C21H24N2O5S/c24-21-12-17(13-22-21)16-6-8-20(9-7-16)29(25,26)23-10-11-27-19(14-23)15-28-18-4-2-1-3-5-18/h1-9,17,19H,10-15H2,(H,22,24)/t17-,19+/m0/s1. The van der Waals surface area contributed by atoms with Crippen LogP contribution in [0, 0.1) is 0 Å². The van der Waals surface area contributed by atoms with Crippen LogP contribution in [0.1, 0.15) is 17.9 Å². The Labute approximate surface area is 170 Å². The highest BCUT2D eigenvalue weighted by molar-refractivity contribution is 7.89. The molecule has 0 aromatic heterocycles. The second-order valence-electron chi connectivity index (χ2n) is 7.25. The van der Waals surface area contributed by atoms with Gasteiger partial charge in [0.15, 0.2) is 0 Å². The van der Waals surface area contributed by atoms with E-state index in [9.17, 15) is 13.2 Å². The van der Waals surface area contributed by atoms with Crippen LogP contribution in [-0.4, -0.2) is 57.6 Å². The van der Waals surface area contributed by atoms with Crippen LogP contribution in [0.3, 0.4) is 0 Å². The highest BCUT2D eigenvalue weighted by Crippen LogP contribution is 2.26. The van der Waals surface area contributed by atoms with E-state index < -0.39 is 10.0 Å². The van der Waals surface area contributed by atoms with Crippen molar-refractivity contribution in [3.63, 3.8) is 0 Å². The molecule has 0 aliphatic carbocycles. The van der Waals surface area contributed by atoms with Crippen molar-refractivity contribution < 1.29 is 22.7 Å². The van der Waals surface area contributed by atoms with Gasteiger partial charge in [-0.2, -0.15) is 4.31 Å². The van der Waals surface area contributed by atoms with Crippen molar-refractivity contribution in [2.75, 3.05) is 32.8 Å². The van der Waals surface area contributed by atoms with Crippen LogP contribution in [0.5, 0.6) is 5.75 Å². The minimum Gasteiger partial charge on any atom is -0.491 e. The highest BCUT2D eigenvalue weighted by atomic mass is 32.2. The molecule has 29 heavy (non-hydrogen) atoms. The number of carbonyl (C=O) groups is 1. The number of amides is 1. The van der Waals surface area contributed by atoms with Crippen molar-refractivity contribution in [1.82, 2.24) is 9.62 Å². The lowest BCUT2D eigenvalue weighted by atomic mass is 9.99. The number of ether oxygens (including phenoxy) is 2. The van der Waals surface area contributed by atoms with Crippen molar-refractivity contribution >= 4 is 15.9 Å². The fourth-order valence-electron chi connectivity index (χ4n) is 3.62. The molecule has 2 heterocycles. The van der Waals surface area contributed by atoms with Gasteiger partial charge >= 0.3 is 0 Å². The second kappa shape index (κ2) is 8.52. The van der Waals surface area contributed by atoms with E-state index in [1.54, 1.807) is 24.3 Å². The van der Waals surface area contributed by atoms with E-state index >= 15 is 0 Å². The van der Waals surface area contributed by atoms with Gasteiger partial charge in [0.2, 0.25) is 15.9 Å². The van der Waals surface area contributed by atoms with E-state index in [0.717, 1.165) is 11.3 Å². The Balaban J connectivity index is 1.40. The van der Waals surface area contributed by atoms with Gasteiger partial charge in [0.1, 0.15) is 18.5 Å². The Hall–Kier alpha value is -2.42. The summed E-state index contributed by atoms with van der Waals surface area (Å²) in [5, 5.41) is 2.80. The van der Waals surface area contributed by atoms with Gasteiger partial charge in [-0.25, -0.2) is 8.42 Å². The van der Waals surface area contributed by atoms with E-state index in [0.29, 0.717) is 26.1 Å². The zero-order valence-corrected chi connectivity index (χ0v) is 16.8. The summed E-state index contributed by atoms with van der Waals surface area (Å²) in [5.74, 6) is 0.859. The second-order valence-corrected chi connectivity index (χ2v) is 9.19. The Bertz CT molecular complexity index is 947. The van der Waals surface area contributed by atoms with Crippen molar-refractivity contribution in [2.24, 2.45) is 0 Å². The Morgan fingerprint density at radius 1 is 1.10 bits per heavy atom. The van der Waals surface area contributed by atoms with Crippen LogP contribution in [0.25, 0.3) is 0 Å². The molecule has 0 bridgehead atoms. The highest BCUT2D eigenvalue weighted by Gasteiger charge is 2.31. The van der Waals surface area contributed by atoms with Crippen molar-refractivity contribution in [1.29, 1.82) is 0 Å². The third kappa shape index (κ3) is 4.60. The number of hydrogen-bond donors (Lipinski definition) is 1. The maximum Gasteiger partial charge on any atom is 0.243 e. The zero-order chi connectivity index (χ0) is 20.3. The van der Waals surface area contributed by atoms with Gasteiger partial charge in [-0.3, -0.25) is 4.79 Å². The number of rotatable bonds is 6. The summed E-state index contributed by atoms with van der Waals surface area (Å²) in [6, 6.07) is 16.2. The van der Waals surface area contributed by atoms with E-state index in [2.05, 4.69) is 5.32 Å². The van der Waals surface area contributed by atoms with E-state index in [1.165, 1.54) is 4.31 Å². The van der Waals surface area contributed by atoms with Crippen LogP contribution in [0.4, 0.5) is 0 Å². The summed E-state index contributed by atoms with van der Waals surface area (Å²) in [6.07, 6.45) is 0.118. The number of carbonyl (C=O) groups excluding carboxylic acids is 1. The topological polar surface area (TPSA) is 84.9 Å². The van der Waals surface area contributed by atoms with Gasteiger partial charge in [0.05, 0.1) is 11.5 Å². The van der Waals surface area contributed by atoms with Crippen LogP contribution in [-0.2, 0) is 19.6 Å². The summed E-state index contributed by atoms with van der Waals surface area (Å²) >= 11 is 0. The van der Waals surface area contributed by atoms with Gasteiger partial charge in [-0.05, 0) is 29.8 Å². The quantitative estimate of drug-likeness (QED) is 0.776. The molecular weight excluding hydrogens is 392 g/mol. The van der Waals surface area contributed by atoms with Crippen LogP contribution < -0.4 is 10.1 Å². The summed E-state index contributed by atoms with van der Waals surface area (Å²) < 4.78 is 39.0. The normalized spacial score (nSPS) is 23.0. The molecule has 0 unspecified atom stereocenters. The predicted octanol–water partition coefficient (Wildman–Crippen LogP) is 1.76. The number of sulfonamides is 1. The largest absolute Gasteiger partial charge is 0.491 e. The molecule has 2 aliphatic rings. The number of benzene rings is 2. The zero-order valence-electron chi connectivity index (χ0n) is 16.0. The Morgan fingerprint density at radius 2 is 1.86 bits per heavy atom. The molecule has 2 saturated heterocycles. The van der Waals surface area contributed by atoms with Crippen molar-refractivity contribution in [3.8, 4) is 5.75 Å². The smallest absolute Gasteiger partial charge is 0.243 e. The monoisotopic (exact) mass is 416 g/mol. The minimum absolute atomic E-state index is 0.0313. The molecule has 2 aromatic carbocycles. The SMILES string of the molecule is O=C1C[C@H](c2ccc(S(=O)(=O)N3CCO[C@@H](COc4ccccc4)C3)cc2)CN1. The summed E-state index contributed by atoms with van der Waals surface area (Å²) in [6.45, 7) is 1.77. The lowest BCUT2D eigenvalue weighted by Crippen LogP contribution is -2.47. The molecular formula is C21H24N2O5S. The first kappa shape index (κ1) is 19.9. The Kier molecular flexibility index (Phi) is 5.84. The molecule has 2 aliphatic heterocycles. The third-order valence-electron chi connectivity index (χ3n) is 5.25. The van der Waals surface area contributed by atoms with Gasteiger partial charge in [-0.1, -0.05) is 30.3 Å². The molecule has 1 amide bonds. The molecule has 154 valence electrons. The fraction of sp³-hybridized carbons (Fsp3) is 0.381. The fourth-order valence-corrected chi connectivity index (χ4v) is 5.07. The lowest BCUT2D eigenvalue weighted by Gasteiger charge is -2.32. The van der Waals surface area contributed by atoms with E-state index in [4.69, 9.17) is 9.47 Å². The molecule has 0 saturated carbocycles. The predicted molar refractivity (Wildman–Crippen MR) is 107 cm³/mol. The number of nitrogens with zero attached hydrogens (tertiary/aromatic N) is 1. The molecule has 2 fully saturated rings. The number of para-hydroxylation sites is 1. The summed E-state index contributed by atoms with van der Waals surface area (Å²) in [7, 11) is -3.61. The maximum absolute atomic E-state index is 13.1. The van der Waals surface area contributed by atoms with Crippen molar-refractivity contribution in [2.45, 2.75) is 23.3 Å². The molecule has 0 radical (unpaired) electrons. The first-order chi connectivity index (χ1) is 14.0. The first-order valence-corrected chi connectivity index (χ1v) is 11.1. The first-order valence-electron chi connectivity index (χ1n) is 9.68.